The molecule has 0 aromatic heterocycles. The Labute approximate surface area is 137 Å². The van der Waals surface area contributed by atoms with E-state index >= 15 is 0 Å². The molecule has 21 heavy (non-hydrogen) atoms. The average molecular weight is 377 g/mol. The highest BCUT2D eigenvalue weighted by atomic mass is 79.9. The highest BCUT2D eigenvalue weighted by molar-refractivity contribution is 9.10. The second kappa shape index (κ2) is 7.72. The summed E-state index contributed by atoms with van der Waals surface area (Å²) in [4.78, 5) is 0.382. The van der Waals surface area contributed by atoms with E-state index < -0.39 is 10.0 Å². The molecule has 1 aromatic carbocycles. The summed E-state index contributed by atoms with van der Waals surface area (Å²) >= 11 is 3.47. The van der Waals surface area contributed by atoms with E-state index in [-0.39, 0.29) is 6.04 Å². The Bertz CT molecular complexity index is 588. The van der Waals surface area contributed by atoms with Crippen LogP contribution in [-0.2, 0) is 16.6 Å². The summed E-state index contributed by atoms with van der Waals surface area (Å²) in [6.07, 6.45) is 0.785. The SMILES string of the molecule is CCNCc1cc(Br)c(C)c(S(=O)(=O)N(C)C(C)CC)c1. The fourth-order valence-electron chi connectivity index (χ4n) is 2.00. The summed E-state index contributed by atoms with van der Waals surface area (Å²) in [5.74, 6) is 0. The van der Waals surface area contributed by atoms with Gasteiger partial charge < -0.3 is 5.32 Å². The van der Waals surface area contributed by atoms with Gasteiger partial charge in [0.25, 0.3) is 0 Å². The highest BCUT2D eigenvalue weighted by Crippen LogP contribution is 2.28. The molecular weight excluding hydrogens is 352 g/mol. The van der Waals surface area contributed by atoms with E-state index in [1.54, 1.807) is 13.1 Å². The summed E-state index contributed by atoms with van der Waals surface area (Å²) in [5.41, 5.74) is 1.72. The van der Waals surface area contributed by atoms with Crippen molar-refractivity contribution in [2.24, 2.45) is 0 Å². The van der Waals surface area contributed by atoms with Crippen molar-refractivity contribution in [3.8, 4) is 0 Å². The Kier molecular flexibility index (Phi) is 6.84. The number of hydrogen-bond acceptors (Lipinski definition) is 3. The van der Waals surface area contributed by atoms with Crippen molar-refractivity contribution in [1.29, 1.82) is 0 Å². The molecule has 0 aliphatic heterocycles. The monoisotopic (exact) mass is 376 g/mol. The summed E-state index contributed by atoms with van der Waals surface area (Å²) < 4.78 is 27.9. The average Bonchev–Trinajstić information content (AvgIpc) is 2.46. The lowest BCUT2D eigenvalue weighted by Gasteiger charge is -2.24. The van der Waals surface area contributed by atoms with Crippen LogP contribution >= 0.6 is 15.9 Å². The van der Waals surface area contributed by atoms with Gasteiger partial charge in [-0.15, -0.1) is 0 Å². The number of hydrogen-bond donors (Lipinski definition) is 1. The van der Waals surface area contributed by atoms with E-state index in [0.29, 0.717) is 11.4 Å². The Balaban J connectivity index is 3.30. The molecule has 0 spiro atoms. The number of halogens is 1. The first-order valence-corrected chi connectivity index (χ1v) is 9.46. The van der Waals surface area contributed by atoms with Crippen molar-refractivity contribution in [3.05, 3.63) is 27.7 Å². The van der Waals surface area contributed by atoms with E-state index in [9.17, 15) is 8.42 Å². The lowest BCUT2D eigenvalue weighted by atomic mass is 10.1. The molecule has 0 aliphatic rings. The molecule has 0 saturated heterocycles. The normalized spacial score (nSPS) is 13.7. The van der Waals surface area contributed by atoms with Gasteiger partial charge in [-0.25, -0.2) is 8.42 Å². The van der Waals surface area contributed by atoms with Gasteiger partial charge in [0, 0.05) is 24.1 Å². The molecule has 120 valence electrons. The molecule has 0 bridgehead atoms. The molecule has 6 heteroatoms. The first kappa shape index (κ1) is 18.6. The van der Waals surface area contributed by atoms with Crippen LogP contribution in [0.2, 0.25) is 0 Å². The lowest BCUT2D eigenvalue weighted by Crippen LogP contribution is -2.35. The smallest absolute Gasteiger partial charge is 0.243 e. The van der Waals surface area contributed by atoms with Gasteiger partial charge in [0.15, 0.2) is 0 Å². The van der Waals surface area contributed by atoms with E-state index in [4.69, 9.17) is 0 Å². The van der Waals surface area contributed by atoms with Crippen LogP contribution in [0.25, 0.3) is 0 Å². The predicted octanol–water partition coefficient (Wildman–Crippen LogP) is 3.29. The van der Waals surface area contributed by atoms with Gasteiger partial charge in [-0.05, 0) is 50.1 Å². The van der Waals surface area contributed by atoms with Crippen molar-refractivity contribution in [1.82, 2.24) is 9.62 Å². The maximum absolute atomic E-state index is 12.8. The molecule has 4 nitrogen and oxygen atoms in total. The van der Waals surface area contributed by atoms with Gasteiger partial charge in [0.1, 0.15) is 0 Å². The second-order valence-electron chi connectivity index (χ2n) is 5.26. The van der Waals surface area contributed by atoms with Crippen LogP contribution in [0.3, 0.4) is 0 Å². The minimum Gasteiger partial charge on any atom is -0.313 e. The molecule has 1 N–H and O–H groups in total. The number of nitrogens with zero attached hydrogens (tertiary/aromatic N) is 1. The third-order valence-electron chi connectivity index (χ3n) is 3.80. The van der Waals surface area contributed by atoms with Crippen LogP contribution < -0.4 is 5.32 Å². The Morgan fingerprint density at radius 1 is 1.33 bits per heavy atom. The highest BCUT2D eigenvalue weighted by Gasteiger charge is 2.27. The number of benzene rings is 1. The van der Waals surface area contributed by atoms with Crippen LogP contribution in [0, 0.1) is 6.92 Å². The molecular formula is C15H25BrN2O2S. The molecule has 0 saturated carbocycles. The number of rotatable bonds is 7. The topological polar surface area (TPSA) is 49.4 Å². The zero-order valence-electron chi connectivity index (χ0n) is 13.4. The molecule has 1 unspecified atom stereocenters. The Hall–Kier alpha value is -0.430. The van der Waals surface area contributed by atoms with E-state index in [0.717, 1.165) is 28.6 Å². The van der Waals surface area contributed by atoms with E-state index in [1.165, 1.54) is 4.31 Å². The van der Waals surface area contributed by atoms with Crippen LogP contribution in [0.4, 0.5) is 0 Å². The van der Waals surface area contributed by atoms with Crippen LogP contribution in [0.15, 0.2) is 21.5 Å². The predicted molar refractivity (Wildman–Crippen MR) is 91.0 cm³/mol. The zero-order valence-corrected chi connectivity index (χ0v) is 15.8. The summed E-state index contributed by atoms with van der Waals surface area (Å²) in [5, 5.41) is 3.22. The van der Waals surface area contributed by atoms with Crippen molar-refractivity contribution >= 4 is 26.0 Å². The van der Waals surface area contributed by atoms with Crippen LogP contribution in [0.5, 0.6) is 0 Å². The zero-order chi connectivity index (χ0) is 16.2. The molecule has 1 atom stereocenters. The molecule has 0 amide bonds. The fraction of sp³-hybridized carbons (Fsp3) is 0.600. The molecule has 0 heterocycles. The summed E-state index contributed by atoms with van der Waals surface area (Å²) in [6, 6.07) is 3.72. The maximum atomic E-state index is 12.8. The first-order chi connectivity index (χ1) is 9.75. The molecule has 0 radical (unpaired) electrons. The van der Waals surface area contributed by atoms with Crippen molar-refractivity contribution in [2.75, 3.05) is 13.6 Å². The van der Waals surface area contributed by atoms with Crippen molar-refractivity contribution in [3.63, 3.8) is 0 Å². The van der Waals surface area contributed by atoms with Crippen molar-refractivity contribution < 1.29 is 8.42 Å². The minimum atomic E-state index is -3.48. The van der Waals surface area contributed by atoms with Crippen LogP contribution in [0.1, 0.15) is 38.3 Å². The Morgan fingerprint density at radius 3 is 2.48 bits per heavy atom. The van der Waals surface area contributed by atoms with Gasteiger partial charge in [-0.1, -0.05) is 29.8 Å². The van der Waals surface area contributed by atoms with E-state index in [2.05, 4.69) is 21.2 Å². The molecule has 0 fully saturated rings. The third-order valence-corrected chi connectivity index (χ3v) is 6.73. The standard InChI is InChI=1S/C15H25BrN2O2S/c1-6-11(3)18(5)21(19,20)15-9-13(10-17-7-2)8-14(16)12(15)4/h8-9,11,17H,6-7,10H2,1-5H3. The maximum Gasteiger partial charge on any atom is 0.243 e. The largest absolute Gasteiger partial charge is 0.313 e. The second-order valence-corrected chi connectivity index (χ2v) is 8.08. The third kappa shape index (κ3) is 4.28. The quantitative estimate of drug-likeness (QED) is 0.793. The van der Waals surface area contributed by atoms with Gasteiger partial charge in [-0.3, -0.25) is 0 Å². The van der Waals surface area contributed by atoms with Gasteiger partial charge in [0.05, 0.1) is 4.90 Å². The molecule has 1 rings (SSSR count). The Morgan fingerprint density at radius 2 is 1.95 bits per heavy atom. The van der Waals surface area contributed by atoms with E-state index in [1.807, 2.05) is 33.8 Å². The van der Waals surface area contributed by atoms with Gasteiger partial charge in [-0.2, -0.15) is 4.31 Å². The van der Waals surface area contributed by atoms with Crippen molar-refractivity contribution in [2.45, 2.75) is 51.6 Å². The minimum absolute atomic E-state index is 0.0226. The van der Waals surface area contributed by atoms with Gasteiger partial charge in [0.2, 0.25) is 10.0 Å². The number of nitrogens with one attached hydrogen (secondary N) is 1. The lowest BCUT2D eigenvalue weighted by molar-refractivity contribution is 0.380. The number of sulfonamides is 1. The first-order valence-electron chi connectivity index (χ1n) is 7.23. The van der Waals surface area contributed by atoms with Gasteiger partial charge >= 0.3 is 0 Å². The molecule has 1 aromatic rings. The van der Waals surface area contributed by atoms with Crippen LogP contribution in [-0.4, -0.2) is 32.4 Å². The fourth-order valence-corrected chi connectivity index (χ4v) is 4.36. The molecule has 0 aliphatic carbocycles. The summed E-state index contributed by atoms with van der Waals surface area (Å²) in [6.45, 7) is 9.27. The summed E-state index contributed by atoms with van der Waals surface area (Å²) in [7, 11) is -1.83.